The third-order valence-electron chi connectivity index (χ3n) is 6.56. The van der Waals surface area contributed by atoms with E-state index in [1.165, 1.54) is 0 Å². The van der Waals surface area contributed by atoms with Crippen LogP contribution in [0.4, 0.5) is 0 Å². The number of amidine groups is 1. The number of benzene rings is 1. The lowest BCUT2D eigenvalue weighted by Gasteiger charge is -2.35. The number of Topliss-reactive ketones (excluding diaryl/α,β-unsaturated/α-hetero) is 1. The van der Waals surface area contributed by atoms with Gasteiger partial charge in [-0.2, -0.15) is 0 Å². The quantitative estimate of drug-likeness (QED) is 0.443. The van der Waals surface area contributed by atoms with Gasteiger partial charge in [0.25, 0.3) is 5.56 Å². The van der Waals surface area contributed by atoms with Crippen molar-refractivity contribution in [3.8, 4) is 0 Å². The van der Waals surface area contributed by atoms with E-state index in [9.17, 15) is 14.4 Å². The Hall–Kier alpha value is -3.26. The van der Waals surface area contributed by atoms with Crippen LogP contribution in [0.15, 0.2) is 41.3 Å². The summed E-state index contributed by atoms with van der Waals surface area (Å²) >= 11 is 0. The zero-order chi connectivity index (χ0) is 24.1. The van der Waals surface area contributed by atoms with Crippen LogP contribution in [-0.2, 0) is 9.59 Å². The first-order chi connectivity index (χ1) is 16.4. The monoisotopic (exact) mass is 463 g/mol. The predicted molar refractivity (Wildman–Crippen MR) is 134 cm³/mol. The molecule has 3 N–H and O–H groups in total. The molecule has 1 aromatic carbocycles. The maximum atomic E-state index is 12.8. The molecule has 2 aliphatic heterocycles. The Morgan fingerprint density at radius 2 is 2.00 bits per heavy atom. The van der Waals surface area contributed by atoms with Crippen molar-refractivity contribution in [2.75, 3.05) is 20.1 Å². The SMILES string of the molecule is CCC(=O)CCCCC[C@H](NC(=O)C1CN(C)C1)C1=[N+]C=C(c2cc3ccccc3[nH]c2=O)N1. The number of para-hydroxylation sites is 1. The molecule has 0 saturated carbocycles. The number of hydrogen-bond donors (Lipinski definition) is 3. The highest BCUT2D eigenvalue weighted by Gasteiger charge is 2.36. The van der Waals surface area contributed by atoms with E-state index in [0.717, 1.165) is 49.7 Å². The number of rotatable bonds is 11. The Morgan fingerprint density at radius 3 is 2.76 bits per heavy atom. The van der Waals surface area contributed by atoms with Gasteiger partial charge in [-0.05, 0) is 42.4 Å². The molecule has 1 radical (unpaired) electrons. The highest BCUT2D eigenvalue weighted by Crippen LogP contribution is 2.18. The van der Waals surface area contributed by atoms with Gasteiger partial charge in [-0.3, -0.25) is 14.4 Å². The van der Waals surface area contributed by atoms with E-state index >= 15 is 0 Å². The van der Waals surface area contributed by atoms with Crippen molar-refractivity contribution in [3.05, 3.63) is 52.4 Å². The van der Waals surface area contributed by atoms with Crippen LogP contribution in [0, 0.1) is 5.92 Å². The molecule has 1 saturated heterocycles. The molecule has 0 spiro atoms. The Morgan fingerprint density at radius 1 is 1.21 bits per heavy atom. The second-order valence-corrected chi connectivity index (χ2v) is 9.25. The number of hydrogen-bond acceptors (Lipinski definition) is 6. The summed E-state index contributed by atoms with van der Waals surface area (Å²) < 4.78 is 0. The highest BCUT2D eigenvalue weighted by atomic mass is 16.2. The molecular formula is C26H33N5O3+. The summed E-state index contributed by atoms with van der Waals surface area (Å²) in [5.74, 6) is 0.960. The number of aliphatic imine (C=N–C) groups is 1. The summed E-state index contributed by atoms with van der Waals surface area (Å²) in [7, 11) is 2.00. The zero-order valence-electron chi connectivity index (χ0n) is 19.9. The number of ketones is 1. The second kappa shape index (κ2) is 10.8. The van der Waals surface area contributed by atoms with Gasteiger partial charge in [0, 0.05) is 31.4 Å². The third-order valence-corrected chi connectivity index (χ3v) is 6.56. The predicted octanol–water partition coefficient (Wildman–Crippen LogP) is 2.14. The molecule has 0 aliphatic carbocycles. The van der Waals surface area contributed by atoms with Gasteiger partial charge in [-0.15, -0.1) is 0 Å². The summed E-state index contributed by atoms with van der Waals surface area (Å²) in [6.45, 7) is 3.40. The first-order valence-electron chi connectivity index (χ1n) is 12.1. The van der Waals surface area contributed by atoms with Crippen molar-refractivity contribution in [1.82, 2.24) is 25.5 Å². The van der Waals surface area contributed by atoms with E-state index in [1.807, 2.05) is 44.3 Å². The van der Waals surface area contributed by atoms with Gasteiger partial charge in [-0.25, -0.2) is 5.32 Å². The summed E-state index contributed by atoms with van der Waals surface area (Å²) in [5, 5.41) is 7.38. The summed E-state index contributed by atoms with van der Waals surface area (Å²) in [6.07, 6.45) is 6.22. The van der Waals surface area contributed by atoms with Crippen molar-refractivity contribution in [2.24, 2.45) is 5.92 Å². The normalized spacial score (nSPS) is 17.0. The van der Waals surface area contributed by atoms with E-state index in [4.69, 9.17) is 0 Å². The topological polar surface area (TPSA) is 108 Å². The number of amides is 1. The van der Waals surface area contributed by atoms with E-state index in [2.05, 4.69) is 25.5 Å². The fourth-order valence-electron chi connectivity index (χ4n) is 4.45. The smallest absolute Gasteiger partial charge is 0.319 e. The summed E-state index contributed by atoms with van der Waals surface area (Å²) in [4.78, 5) is 46.6. The van der Waals surface area contributed by atoms with E-state index < -0.39 is 0 Å². The average molecular weight is 464 g/mol. The number of carbonyl (C=O) groups is 2. The van der Waals surface area contributed by atoms with Crippen LogP contribution >= 0.6 is 0 Å². The van der Waals surface area contributed by atoms with E-state index in [0.29, 0.717) is 29.9 Å². The van der Waals surface area contributed by atoms with Crippen molar-refractivity contribution < 1.29 is 9.59 Å². The van der Waals surface area contributed by atoms with E-state index in [1.54, 1.807) is 6.20 Å². The minimum atomic E-state index is -0.270. The minimum Gasteiger partial charge on any atom is -0.342 e. The Balaban J connectivity index is 1.41. The number of H-pyrrole nitrogens is 1. The van der Waals surface area contributed by atoms with E-state index in [-0.39, 0.29) is 29.2 Å². The molecule has 179 valence electrons. The number of unbranched alkanes of at least 4 members (excludes halogenated alkanes) is 2. The number of aromatic nitrogens is 1. The molecule has 0 bridgehead atoms. The maximum absolute atomic E-state index is 12.8. The first kappa shape index (κ1) is 23.9. The van der Waals surface area contributed by atoms with Crippen LogP contribution in [0.25, 0.3) is 16.6 Å². The van der Waals surface area contributed by atoms with Gasteiger partial charge in [0.05, 0.1) is 11.5 Å². The fourth-order valence-corrected chi connectivity index (χ4v) is 4.45. The number of nitrogens with one attached hydrogen (secondary N) is 3. The molecular weight excluding hydrogens is 430 g/mol. The number of fused-ring (bicyclic) bond motifs is 1. The standard InChI is InChI=1S/C26H33N5O3/c1-3-19(32)10-5-4-6-12-22(30-25(33)18-15-31(2)16-18)24-27-14-23(28-24)20-13-17-9-7-8-11-21(17)29-26(20)34/h7-9,11,13-14,18,22,28H,3-6,10,12,15-16H2,1-2H3,(H,29,34)(H,30,33)/q+1/t22-/m0/s1. The molecule has 3 heterocycles. The molecule has 4 rings (SSSR count). The third kappa shape index (κ3) is 5.62. The number of pyridine rings is 1. The molecule has 0 unspecified atom stereocenters. The number of carbonyl (C=O) groups excluding carboxylic acids is 2. The van der Waals surface area contributed by atoms with Crippen LogP contribution in [0.1, 0.15) is 51.0 Å². The number of likely N-dealkylation sites (tertiary alicyclic amines) is 1. The van der Waals surface area contributed by atoms with Crippen LogP contribution in [-0.4, -0.2) is 53.6 Å². The van der Waals surface area contributed by atoms with Gasteiger partial charge >= 0.3 is 5.84 Å². The Bertz CT molecular complexity index is 1180. The summed E-state index contributed by atoms with van der Waals surface area (Å²) in [5.41, 5.74) is 1.74. The first-order valence-corrected chi connectivity index (χ1v) is 12.1. The van der Waals surface area contributed by atoms with Gasteiger partial charge in [-0.1, -0.05) is 38.0 Å². The molecule has 1 aromatic heterocycles. The summed E-state index contributed by atoms with van der Waals surface area (Å²) in [6, 6.07) is 9.23. The van der Waals surface area contributed by atoms with Gasteiger partial charge in [0.1, 0.15) is 11.8 Å². The lowest BCUT2D eigenvalue weighted by atomic mass is 9.98. The van der Waals surface area contributed by atoms with Crippen LogP contribution < -0.4 is 21.2 Å². The van der Waals surface area contributed by atoms with Gasteiger partial charge in [0.15, 0.2) is 11.9 Å². The highest BCUT2D eigenvalue weighted by molar-refractivity contribution is 6.00. The fraction of sp³-hybridized carbons (Fsp3) is 0.462. The molecule has 2 aliphatic rings. The average Bonchev–Trinajstić information content (AvgIpc) is 3.30. The molecule has 8 heteroatoms. The largest absolute Gasteiger partial charge is 0.342 e. The van der Waals surface area contributed by atoms with Crippen molar-refractivity contribution in [3.63, 3.8) is 0 Å². The van der Waals surface area contributed by atoms with Crippen molar-refractivity contribution in [2.45, 2.75) is 51.5 Å². The minimum absolute atomic E-state index is 0.00700. The zero-order valence-corrected chi connectivity index (χ0v) is 19.9. The lowest BCUT2D eigenvalue weighted by molar-refractivity contribution is -0.130. The van der Waals surface area contributed by atoms with Gasteiger partial charge < -0.3 is 15.2 Å². The van der Waals surface area contributed by atoms with Crippen molar-refractivity contribution >= 4 is 34.1 Å². The van der Waals surface area contributed by atoms with Crippen molar-refractivity contribution in [1.29, 1.82) is 0 Å². The lowest BCUT2D eigenvalue weighted by Crippen LogP contribution is -2.55. The number of aromatic amines is 1. The Labute approximate surface area is 199 Å². The molecule has 8 nitrogen and oxygen atoms in total. The van der Waals surface area contributed by atoms with Crippen LogP contribution in [0.3, 0.4) is 0 Å². The number of nitrogens with zero attached hydrogens (tertiary/aromatic N) is 2. The molecule has 1 amide bonds. The second-order valence-electron chi connectivity index (χ2n) is 9.25. The molecule has 1 atom stereocenters. The maximum Gasteiger partial charge on any atom is 0.319 e. The molecule has 2 aromatic rings. The van der Waals surface area contributed by atoms with Crippen LogP contribution in [0.2, 0.25) is 0 Å². The molecule has 34 heavy (non-hydrogen) atoms. The molecule has 1 fully saturated rings. The Kier molecular flexibility index (Phi) is 7.57. The van der Waals surface area contributed by atoms with Gasteiger partial charge in [0.2, 0.25) is 5.91 Å². The van der Waals surface area contributed by atoms with Crippen LogP contribution in [0.5, 0.6) is 0 Å².